The fraction of sp³-hybridized carbons (Fsp3) is 0.923. The van der Waals surface area contributed by atoms with Crippen molar-refractivity contribution in [1.29, 1.82) is 0 Å². The fourth-order valence-electron chi connectivity index (χ4n) is 2.02. The average molecular weight is 242 g/mol. The van der Waals surface area contributed by atoms with Crippen LogP contribution in [0.5, 0.6) is 0 Å². The molecule has 1 aliphatic rings. The highest BCUT2D eigenvalue weighted by atomic mass is 16.3. The molecule has 0 bridgehead atoms. The summed E-state index contributed by atoms with van der Waals surface area (Å²) in [5.74, 6) is -0.0118. The van der Waals surface area contributed by atoms with Gasteiger partial charge in [-0.1, -0.05) is 6.42 Å². The molecule has 1 amide bonds. The van der Waals surface area contributed by atoms with Crippen molar-refractivity contribution in [2.45, 2.75) is 64.5 Å². The van der Waals surface area contributed by atoms with E-state index < -0.39 is 11.1 Å². The van der Waals surface area contributed by atoms with E-state index in [4.69, 9.17) is 5.73 Å². The van der Waals surface area contributed by atoms with Crippen molar-refractivity contribution in [3.63, 3.8) is 0 Å². The topological polar surface area (TPSA) is 75.3 Å². The highest BCUT2D eigenvalue weighted by molar-refractivity contribution is 5.77. The second-order valence-electron chi connectivity index (χ2n) is 6.47. The van der Waals surface area contributed by atoms with Crippen molar-refractivity contribution in [3.05, 3.63) is 0 Å². The second kappa shape index (κ2) is 4.58. The van der Waals surface area contributed by atoms with Crippen LogP contribution in [0, 0.1) is 5.41 Å². The lowest BCUT2D eigenvalue weighted by atomic mass is 9.66. The molecule has 1 aliphatic carbocycles. The van der Waals surface area contributed by atoms with Gasteiger partial charge in [0.15, 0.2) is 0 Å². The van der Waals surface area contributed by atoms with Crippen molar-refractivity contribution >= 4 is 5.91 Å². The Hall–Kier alpha value is -0.610. The molecule has 0 aromatic heterocycles. The highest BCUT2D eigenvalue weighted by Crippen LogP contribution is 2.43. The molecule has 0 aromatic carbocycles. The summed E-state index contributed by atoms with van der Waals surface area (Å²) in [5.41, 5.74) is 4.17. The smallest absolute Gasteiger partial charge is 0.221 e. The molecule has 1 fully saturated rings. The van der Waals surface area contributed by atoms with E-state index in [1.54, 1.807) is 13.8 Å². The first-order valence-electron chi connectivity index (χ1n) is 6.35. The molecular formula is C13H26N2O2. The van der Waals surface area contributed by atoms with Crippen LogP contribution in [0.4, 0.5) is 0 Å². The molecule has 0 radical (unpaired) electrons. The van der Waals surface area contributed by atoms with E-state index in [1.165, 1.54) is 6.42 Å². The van der Waals surface area contributed by atoms with Crippen molar-refractivity contribution in [3.8, 4) is 0 Å². The Morgan fingerprint density at radius 3 is 2.18 bits per heavy atom. The number of nitrogens with one attached hydrogen (secondary N) is 1. The number of amides is 1. The Morgan fingerprint density at radius 2 is 1.88 bits per heavy atom. The molecule has 0 atom stereocenters. The molecule has 17 heavy (non-hydrogen) atoms. The van der Waals surface area contributed by atoms with Crippen molar-refractivity contribution in [2.24, 2.45) is 11.1 Å². The van der Waals surface area contributed by atoms with Crippen molar-refractivity contribution in [1.82, 2.24) is 5.32 Å². The van der Waals surface area contributed by atoms with E-state index >= 15 is 0 Å². The summed E-state index contributed by atoms with van der Waals surface area (Å²) in [5, 5.41) is 12.9. The molecule has 1 rings (SSSR count). The quantitative estimate of drug-likeness (QED) is 0.677. The second-order valence-corrected chi connectivity index (χ2v) is 6.47. The molecule has 0 aliphatic heterocycles. The van der Waals surface area contributed by atoms with Crippen LogP contribution in [0.3, 0.4) is 0 Å². The monoisotopic (exact) mass is 242 g/mol. The summed E-state index contributed by atoms with van der Waals surface area (Å²) in [6.07, 6.45) is 3.72. The number of aliphatic hydroxyl groups is 1. The molecule has 4 N–H and O–H groups in total. The van der Waals surface area contributed by atoms with E-state index in [1.807, 2.05) is 13.8 Å². The van der Waals surface area contributed by atoms with Crippen molar-refractivity contribution in [2.75, 3.05) is 6.54 Å². The first-order valence-corrected chi connectivity index (χ1v) is 6.35. The van der Waals surface area contributed by atoms with Gasteiger partial charge in [0.1, 0.15) is 0 Å². The van der Waals surface area contributed by atoms with Gasteiger partial charge in [0.2, 0.25) is 5.91 Å². The summed E-state index contributed by atoms with van der Waals surface area (Å²) in [7, 11) is 0. The normalized spacial score (nSPS) is 19.6. The number of carbonyl (C=O) groups excluding carboxylic acids is 1. The summed E-state index contributed by atoms with van der Waals surface area (Å²) < 4.78 is 0. The van der Waals surface area contributed by atoms with Crippen LogP contribution in [0.1, 0.15) is 53.4 Å². The Kier molecular flexibility index (Phi) is 3.89. The summed E-state index contributed by atoms with van der Waals surface area (Å²) in [6, 6.07) is 0. The van der Waals surface area contributed by atoms with Crippen LogP contribution in [-0.2, 0) is 4.79 Å². The van der Waals surface area contributed by atoms with Gasteiger partial charge < -0.3 is 16.2 Å². The van der Waals surface area contributed by atoms with Crippen LogP contribution >= 0.6 is 0 Å². The first-order chi connectivity index (χ1) is 7.62. The van der Waals surface area contributed by atoms with Crippen LogP contribution in [0.25, 0.3) is 0 Å². The molecular weight excluding hydrogens is 216 g/mol. The zero-order valence-corrected chi connectivity index (χ0v) is 11.5. The van der Waals surface area contributed by atoms with Crippen LogP contribution in [-0.4, -0.2) is 28.7 Å². The third-order valence-corrected chi connectivity index (χ3v) is 4.36. The fourth-order valence-corrected chi connectivity index (χ4v) is 2.02. The Morgan fingerprint density at radius 1 is 1.35 bits per heavy atom. The molecule has 0 aromatic rings. The molecule has 0 heterocycles. The van der Waals surface area contributed by atoms with Gasteiger partial charge in [0.05, 0.1) is 11.1 Å². The molecule has 0 unspecified atom stereocenters. The lowest BCUT2D eigenvalue weighted by Crippen LogP contribution is -2.58. The third-order valence-electron chi connectivity index (χ3n) is 4.36. The van der Waals surface area contributed by atoms with E-state index in [2.05, 4.69) is 5.32 Å². The maximum Gasteiger partial charge on any atom is 0.221 e. The predicted molar refractivity (Wildman–Crippen MR) is 68.5 cm³/mol. The molecule has 4 heteroatoms. The van der Waals surface area contributed by atoms with Crippen LogP contribution in [0.15, 0.2) is 0 Å². The van der Waals surface area contributed by atoms with Gasteiger partial charge in [-0.05, 0) is 52.5 Å². The molecule has 4 nitrogen and oxygen atoms in total. The maximum atomic E-state index is 12.0. The highest BCUT2D eigenvalue weighted by Gasteiger charge is 2.41. The van der Waals surface area contributed by atoms with Crippen molar-refractivity contribution < 1.29 is 9.90 Å². The zero-order chi connectivity index (χ0) is 13.3. The van der Waals surface area contributed by atoms with Gasteiger partial charge in [0, 0.05) is 6.42 Å². The zero-order valence-electron chi connectivity index (χ0n) is 11.5. The lowest BCUT2D eigenvalue weighted by Gasteiger charge is -2.43. The molecule has 100 valence electrons. The summed E-state index contributed by atoms with van der Waals surface area (Å²) in [6.45, 7) is 7.65. The SMILES string of the molecule is CC(C)(O)C(C)(C)NC(=O)CC1(CN)CCC1. The number of rotatable bonds is 5. The minimum atomic E-state index is -0.946. The molecule has 1 saturated carbocycles. The standard InChI is InChI=1S/C13H26N2O2/c1-11(2,12(3,4)17)15-10(16)8-13(9-14)6-5-7-13/h17H,5-9,14H2,1-4H3,(H,15,16). The number of hydrogen-bond donors (Lipinski definition) is 3. The number of carbonyl (C=O) groups is 1. The van der Waals surface area contributed by atoms with Gasteiger partial charge in [0.25, 0.3) is 0 Å². The van der Waals surface area contributed by atoms with E-state index in [0.717, 1.165) is 12.8 Å². The van der Waals surface area contributed by atoms with Gasteiger partial charge in [-0.2, -0.15) is 0 Å². The van der Waals surface area contributed by atoms with Gasteiger partial charge >= 0.3 is 0 Å². The van der Waals surface area contributed by atoms with Crippen LogP contribution < -0.4 is 11.1 Å². The van der Waals surface area contributed by atoms with Gasteiger partial charge in [-0.15, -0.1) is 0 Å². The molecule has 0 spiro atoms. The minimum absolute atomic E-state index is 0.0118. The lowest BCUT2D eigenvalue weighted by molar-refractivity contribution is -0.129. The van der Waals surface area contributed by atoms with Gasteiger partial charge in [-0.25, -0.2) is 0 Å². The Balaban J connectivity index is 2.55. The largest absolute Gasteiger partial charge is 0.388 e. The summed E-state index contributed by atoms with van der Waals surface area (Å²) >= 11 is 0. The summed E-state index contributed by atoms with van der Waals surface area (Å²) in [4.78, 5) is 12.0. The predicted octanol–water partition coefficient (Wildman–Crippen LogP) is 1.17. The average Bonchev–Trinajstić information content (AvgIpc) is 2.08. The number of hydrogen-bond acceptors (Lipinski definition) is 3. The first kappa shape index (κ1) is 14.5. The van der Waals surface area contributed by atoms with E-state index in [0.29, 0.717) is 13.0 Å². The maximum absolute atomic E-state index is 12.0. The Bertz CT molecular complexity index is 283. The molecule has 0 saturated heterocycles. The number of nitrogens with two attached hydrogens (primary N) is 1. The van der Waals surface area contributed by atoms with E-state index in [-0.39, 0.29) is 11.3 Å². The van der Waals surface area contributed by atoms with Gasteiger partial charge in [-0.3, -0.25) is 4.79 Å². The minimum Gasteiger partial charge on any atom is -0.388 e. The third kappa shape index (κ3) is 3.19. The van der Waals surface area contributed by atoms with Crippen LogP contribution in [0.2, 0.25) is 0 Å². The Labute approximate surface area is 104 Å². The van der Waals surface area contributed by atoms with E-state index in [9.17, 15) is 9.90 Å².